The lowest BCUT2D eigenvalue weighted by molar-refractivity contribution is 0.202. The van der Waals surface area contributed by atoms with Crippen molar-refractivity contribution in [3.8, 4) is 0 Å². The van der Waals surface area contributed by atoms with E-state index in [4.69, 9.17) is 4.42 Å². The molecule has 2 heterocycles. The Hall–Kier alpha value is -0.800. The van der Waals surface area contributed by atoms with Gasteiger partial charge in [0.05, 0.1) is 12.3 Å². The Morgan fingerprint density at radius 2 is 2.16 bits per heavy atom. The van der Waals surface area contributed by atoms with Crippen LogP contribution in [0.3, 0.4) is 0 Å². The van der Waals surface area contributed by atoms with Crippen molar-refractivity contribution in [2.24, 2.45) is 5.92 Å². The third kappa shape index (κ3) is 3.21. The van der Waals surface area contributed by atoms with Crippen molar-refractivity contribution in [2.75, 3.05) is 19.6 Å². The van der Waals surface area contributed by atoms with Gasteiger partial charge >= 0.3 is 0 Å². The molecular formula is C16H26N2O. The Bertz CT molecular complexity index is 366. The molecule has 2 unspecified atom stereocenters. The van der Waals surface area contributed by atoms with Crippen molar-refractivity contribution >= 4 is 0 Å². The van der Waals surface area contributed by atoms with Gasteiger partial charge in [0.1, 0.15) is 5.76 Å². The van der Waals surface area contributed by atoms with E-state index in [1.54, 1.807) is 6.26 Å². The van der Waals surface area contributed by atoms with Gasteiger partial charge in [0.2, 0.25) is 0 Å². The first kappa shape index (κ1) is 13.2. The predicted molar refractivity (Wildman–Crippen MR) is 77.1 cm³/mol. The Morgan fingerprint density at radius 1 is 1.37 bits per heavy atom. The number of rotatable bonds is 7. The maximum absolute atomic E-state index is 5.67. The summed E-state index contributed by atoms with van der Waals surface area (Å²) < 4.78 is 5.67. The molecule has 0 spiro atoms. The standard InChI is InChI=1S/C16H26N2O/c1-2-14(13-7-8-13)17-12-15(16-6-5-11-19-16)18-9-3-4-10-18/h5-6,11,13-15,17H,2-4,7-10,12H2,1H3. The molecule has 0 amide bonds. The van der Waals surface area contributed by atoms with Crippen LogP contribution in [0.15, 0.2) is 22.8 Å². The summed E-state index contributed by atoms with van der Waals surface area (Å²) in [5.41, 5.74) is 0. The summed E-state index contributed by atoms with van der Waals surface area (Å²) in [5.74, 6) is 2.06. The summed E-state index contributed by atoms with van der Waals surface area (Å²) in [4.78, 5) is 2.57. The van der Waals surface area contributed by atoms with Gasteiger partial charge in [0.15, 0.2) is 0 Å². The SMILES string of the molecule is CCC(NCC(c1ccco1)N1CCCC1)C1CC1. The number of likely N-dealkylation sites (tertiary alicyclic amines) is 1. The Kier molecular flexibility index (Phi) is 4.24. The van der Waals surface area contributed by atoms with E-state index in [9.17, 15) is 0 Å². The molecule has 2 fully saturated rings. The molecule has 3 nitrogen and oxygen atoms in total. The first-order valence-electron chi connectivity index (χ1n) is 7.89. The second-order valence-corrected chi connectivity index (χ2v) is 6.03. The third-order valence-electron chi connectivity index (χ3n) is 4.66. The molecule has 0 radical (unpaired) electrons. The zero-order valence-electron chi connectivity index (χ0n) is 12.0. The van der Waals surface area contributed by atoms with Gasteiger partial charge in [-0.1, -0.05) is 6.92 Å². The van der Waals surface area contributed by atoms with Crippen molar-refractivity contribution in [1.82, 2.24) is 10.2 Å². The lowest BCUT2D eigenvalue weighted by atomic mass is 10.1. The zero-order chi connectivity index (χ0) is 13.1. The molecule has 0 aromatic carbocycles. The summed E-state index contributed by atoms with van der Waals surface area (Å²) in [6.07, 6.45) is 8.54. The summed E-state index contributed by atoms with van der Waals surface area (Å²) in [6, 6.07) is 5.27. The summed E-state index contributed by atoms with van der Waals surface area (Å²) in [6.45, 7) is 5.76. The Morgan fingerprint density at radius 3 is 2.74 bits per heavy atom. The summed E-state index contributed by atoms with van der Waals surface area (Å²) in [5, 5.41) is 3.79. The van der Waals surface area contributed by atoms with Crippen LogP contribution in [0.25, 0.3) is 0 Å². The molecule has 1 saturated heterocycles. The molecule has 2 aliphatic rings. The van der Waals surface area contributed by atoms with Crippen LogP contribution in [0, 0.1) is 5.92 Å². The van der Waals surface area contributed by atoms with Crippen LogP contribution in [0.2, 0.25) is 0 Å². The van der Waals surface area contributed by atoms with Crippen LogP contribution in [0.1, 0.15) is 50.8 Å². The molecule has 106 valence electrons. The maximum Gasteiger partial charge on any atom is 0.122 e. The molecule has 1 saturated carbocycles. The fraction of sp³-hybridized carbons (Fsp3) is 0.750. The highest BCUT2D eigenvalue weighted by molar-refractivity contribution is 5.06. The van der Waals surface area contributed by atoms with Crippen LogP contribution in [0.4, 0.5) is 0 Å². The highest BCUT2D eigenvalue weighted by Crippen LogP contribution is 2.34. The molecule has 1 aromatic rings. The smallest absolute Gasteiger partial charge is 0.122 e. The average molecular weight is 262 g/mol. The van der Waals surface area contributed by atoms with E-state index in [1.807, 2.05) is 6.07 Å². The molecule has 19 heavy (non-hydrogen) atoms. The Balaban J connectivity index is 1.61. The topological polar surface area (TPSA) is 28.4 Å². The van der Waals surface area contributed by atoms with Gasteiger partial charge < -0.3 is 9.73 Å². The van der Waals surface area contributed by atoms with E-state index in [1.165, 1.54) is 45.2 Å². The van der Waals surface area contributed by atoms with Gasteiger partial charge in [-0.15, -0.1) is 0 Å². The predicted octanol–water partition coefficient (Wildman–Crippen LogP) is 3.19. The van der Waals surface area contributed by atoms with Gasteiger partial charge in [-0.05, 0) is 63.2 Å². The molecule has 1 N–H and O–H groups in total. The van der Waals surface area contributed by atoms with E-state index in [0.717, 1.165) is 18.2 Å². The fourth-order valence-corrected chi connectivity index (χ4v) is 3.35. The maximum atomic E-state index is 5.67. The Labute approximate surface area is 116 Å². The summed E-state index contributed by atoms with van der Waals surface area (Å²) in [7, 11) is 0. The van der Waals surface area contributed by atoms with Crippen molar-refractivity contribution in [3.63, 3.8) is 0 Å². The molecule has 1 aliphatic heterocycles. The molecule has 3 heteroatoms. The number of furan rings is 1. The van der Waals surface area contributed by atoms with Crippen LogP contribution in [-0.4, -0.2) is 30.6 Å². The van der Waals surface area contributed by atoms with Crippen molar-refractivity contribution in [2.45, 2.75) is 51.1 Å². The van der Waals surface area contributed by atoms with E-state index in [-0.39, 0.29) is 0 Å². The monoisotopic (exact) mass is 262 g/mol. The lowest BCUT2D eigenvalue weighted by Crippen LogP contribution is -2.39. The minimum absolute atomic E-state index is 0.422. The molecule has 0 bridgehead atoms. The van der Waals surface area contributed by atoms with Crippen LogP contribution in [-0.2, 0) is 0 Å². The van der Waals surface area contributed by atoms with E-state index in [2.05, 4.69) is 23.2 Å². The number of hydrogen-bond acceptors (Lipinski definition) is 3. The fourth-order valence-electron chi connectivity index (χ4n) is 3.35. The van der Waals surface area contributed by atoms with Crippen LogP contribution < -0.4 is 5.32 Å². The minimum atomic E-state index is 0.422. The minimum Gasteiger partial charge on any atom is -0.468 e. The van der Waals surface area contributed by atoms with Gasteiger partial charge in [-0.25, -0.2) is 0 Å². The molecule has 2 atom stereocenters. The van der Waals surface area contributed by atoms with Crippen LogP contribution in [0.5, 0.6) is 0 Å². The third-order valence-corrected chi connectivity index (χ3v) is 4.66. The second-order valence-electron chi connectivity index (χ2n) is 6.03. The second kappa shape index (κ2) is 6.10. The molecule has 1 aromatic heterocycles. The molecule has 3 rings (SSSR count). The lowest BCUT2D eigenvalue weighted by Gasteiger charge is -2.28. The van der Waals surface area contributed by atoms with Crippen molar-refractivity contribution in [3.05, 3.63) is 24.2 Å². The number of hydrogen-bond donors (Lipinski definition) is 1. The van der Waals surface area contributed by atoms with E-state index < -0.39 is 0 Å². The largest absolute Gasteiger partial charge is 0.468 e. The normalized spacial score (nSPS) is 23.6. The van der Waals surface area contributed by atoms with E-state index in [0.29, 0.717) is 12.1 Å². The number of nitrogens with one attached hydrogen (secondary N) is 1. The van der Waals surface area contributed by atoms with Gasteiger partial charge in [0, 0.05) is 12.6 Å². The quantitative estimate of drug-likeness (QED) is 0.818. The summed E-state index contributed by atoms with van der Waals surface area (Å²) >= 11 is 0. The van der Waals surface area contributed by atoms with Crippen molar-refractivity contribution < 1.29 is 4.42 Å². The van der Waals surface area contributed by atoms with Gasteiger partial charge in [0.25, 0.3) is 0 Å². The van der Waals surface area contributed by atoms with E-state index >= 15 is 0 Å². The van der Waals surface area contributed by atoms with Crippen LogP contribution >= 0.6 is 0 Å². The van der Waals surface area contributed by atoms with Crippen molar-refractivity contribution in [1.29, 1.82) is 0 Å². The van der Waals surface area contributed by atoms with Gasteiger partial charge in [-0.2, -0.15) is 0 Å². The molecular weight excluding hydrogens is 236 g/mol. The molecule has 1 aliphatic carbocycles. The van der Waals surface area contributed by atoms with Gasteiger partial charge in [-0.3, -0.25) is 4.90 Å². The number of nitrogens with zero attached hydrogens (tertiary/aromatic N) is 1. The average Bonchev–Trinajstić information content (AvgIpc) is 2.95. The first-order chi connectivity index (χ1) is 9.38. The highest BCUT2D eigenvalue weighted by Gasteiger charge is 2.31. The highest BCUT2D eigenvalue weighted by atomic mass is 16.3. The first-order valence-corrected chi connectivity index (χ1v) is 7.89. The zero-order valence-corrected chi connectivity index (χ0v) is 12.0.